The Morgan fingerprint density at radius 2 is 1.59 bits per heavy atom. The summed E-state index contributed by atoms with van der Waals surface area (Å²) in [6, 6.07) is 10.3. The molecule has 0 atom stereocenters. The molecule has 122 valence electrons. The minimum atomic E-state index is 0.538. The van der Waals surface area contributed by atoms with Gasteiger partial charge < -0.3 is 4.79 Å². The third-order valence-electron chi connectivity index (χ3n) is 3.71. The van der Waals surface area contributed by atoms with E-state index in [0.717, 1.165) is 12.7 Å². The van der Waals surface area contributed by atoms with Crippen molar-refractivity contribution in [2.24, 2.45) is 0 Å². The molecule has 0 bridgehead atoms. The maximum absolute atomic E-state index is 10.8. The number of unbranched alkanes of at least 4 members (excludes halogenated alkanes) is 8. The van der Waals surface area contributed by atoms with Crippen molar-refractivity contribution < 1.29 is 4.79 Å². The molecule has 0 N–H and O–H groups in total. The fourth-order valence-corrected chi connectivity index (χ4v) is 3.38. The Kier molecular flexibility index (Phi) is 11.8. The van der Waals surface area contributed by atoms with Crippen LogP contribution in [0.4, 0.5) is 0 Å². The van der Waals surface area contributed by atoms with Gasteiger partial charge in [0.05, 0.1) is 0 Å². The molecule has 0 fully saturated rings. The first-order chi connectivity index (χ1) is 10.9. The first-order valence-electron chi connectivity index (χ1n) is 8.72. The van der Waals surface area contributed by atoms with Crippen LogP contribution >= 0.6 is 11.8 Å². The average molecular weight is 319 g/mol. The van der Waals surface area contributed by atoms with Crippen molar-refractivity contribution in [1.82, 2.24) is 0 Å². The first kappa shape index (κ1) is 19.0. The molecule has 1 rings (SSSR count). The Morgan fingerprint density at radius 1 is 0.955 bits per heavy atom. The van der Waals surface area contributed by atoms with Gasteiger partial charge in [-0.25, -0.2) is 0 Å². The fraction of sp³-hybridized carbons (Fsp3) is 0.550. The number of rotatable bonds is 13. The minimum absolute atomic E-state index is 0.538. The number of aldehydes is 1. The normalized spacial score (nSPS) is 11.6. The lowest BCUT2D eigenvalue weighted by atomic mass is 10.1. The van der Waals surface area contributed by atoms with Crippen LogP contribution in [0.2, 0.25) is 0 Å². The van der Waals surface area contributed by atoms with Crippen LogP contribution in [-0.4, -0.2) is 6.29 Å². The van der Waals surface area contributed by atoms with E-state index in [-0.39, 0.29) is 0 Å². The summed E-state index contributed by atoms with van der Waals surface area (Å²) >= 11 is 1.72. The standard InChI is InChI=1S/C20H30OS/c1-2-3-4-5-6-7-8-9-11-16-20(17-18-21)22-19-14-12-10-13-15-19/h10,12-16,18H,2-9,11,17H2,1H3/b20-16-. The van der Waals surface area contributed by atoms with E-state index >= 15 is 0 Å². The maximum Gasteiger partial charge on any atom is 0.124 e. The van der Waals surface area contributed by atoms with Crippen LogP contribution in [-0.2, 0) is 4.79 Å². The van der Waals surface area contributed by atoms with E-state index in [2.05, 4.69) is 25.1 Å². The minimum Gasteiger partial charge on any atom is -0.303 e. The highest BCUT2D eigenvalue weighted by Gasteiger charge is 2.00. The highest BCUT2D eigenvalue weighted by atomic mass is 32.2. The molecule has 0 radical (unpaired) electrons. The third-order valence-corrected chi connectivity index (χ3v) is 4.81. The van der Waals surface area contributed by atoms with Crippen molar-refractivity contribution in [3.8, 4) is 0 Å². The summed E-state index contributed by atoms with van der Waals surface area (Å²) in [5.74, 6) is 0. The molecule has 0 saturated heterocycles. The number of hydrogen-bond donors (Lipinski definition) is 0. The van der Waals surface area contributed by atoms with Crippen LogP contribution in [0.3, 0.4) is 0 Å². The van der Waals surface area contributed by atoms with Crippen molar-refractivity contribution in [3.63, 3.8) is 0 Å². The Morgan fingerprint density at radius 3 is 2.23 bits per heavy atom. The van der Waals surface area contributed by atoms with Gasteiger partial charge in [-0.05, 0) is 29.9 Å². The zero-order valence-corrected chi connectivity index (χ0v) is 14.7. The summed E-state index contributed by atoms with van der Waals surface area (Å²) in [5.41, 5.74) is 0. The highest BCUT2D eigenvalue weighted by molar-refractivity contribution is 8.03. The van der Waals surface area contributed by atoms with Gasteiger partial charge in [-0.15, -0.1) is 0 Å². The molecule has 0 unspecified atom stereocenters. The van der Waals surface area contributed by atoms with Gasteiger partial charge in [0.1, 0.15) is 6.29 Å². The van der Waals surface area contributed by atoms with E-state index in [9.17, 15) is 4.79 Å². The summed E-state index contributed by atoms with van der Waals surface area (Å²) in [4.78, 5) is 13.2. The number of carbonyl (C=O) groups is 1. The van der Waals surface area contributed by atoms with E-state index in [4.69, 9.17) is 0 Å². The molecule has 0 saturated carbocycles. The molecule has 0 aromatic heterocycles. The Hall–Kier alpha value is -1.02. The molecule has 22 heavy (non-hydrogen) atoms. The van der Waals surface area contributed by atoms with Gasteiger partial charge in [-0.1, -0.05) is 87.9 Å². The molecule has 1 aromatic carbocycles. The molecular formula is C20H30OS. The van der Waals surface area contributed by atoms with Crippen LogP contribution in [0, 0.1) is 0 Å². The Labute approximate surface area is 140 Å². The van der Waals surface area contributed by atoms with E-state index in [1.807, 2.05) is 18.2 Å². The quantitative estimate of drug-likeness (QED) is 0.226. The second-order valence-electron chi connectivity index (χ2n) is 5.72. The molecule has 1 aromatic rings. The Balaban J connectivity index is 2.18. The third kappa shape index (κ3) is 9.83. The number of benzene rings is 1. The van der Waals surface area contributed by atoms with Crippen LogP contribution in [0.15, 0.2) is 46.2 Å². The van der Waals surface area contributed by atoms with Gasteiger partial charge in [0.25, 0.3) is 0 Å². The van der Waals surface area contributed by atoms with Crippen molar-refractivity contribution >= 4 is 18.0 Å². The number of thioether (sulfide) groups is 1. The highest BCUT2D eigenvalue weighted by Crippen LogP contribution is 2.28. The lowest BCUT2D eigenvalue weighted by Gasteiger charge is -2.04. The van der Waals surface area contributed by atoms with Crippen LogP contribution in [0.25, 0.3) is 0 Å². The zero-order chi connectivity index (χ0) is 15.9. The fourth-order valence-electron chi connectivity index (χ4n) is 2.43. The van der Waals surface area contributed by atoms with Crippen molar-refractivity contribution in [2.45, 2.75) is 76.0 Å². The second-order valence-corrected chi connectivity index (χ2v) is 6.92. The van der Waals surface area contributed by atoms with Crippen molar-refractivity contribution in [2.75, 3.05) is 0 Å². The van der Waals surface area contributed by atoms with Gasteiger partial charge in [-0.3, -0.25) is 0 Å². The molecule has 0 aliphatic carbocycles. The van der Waals surface area contributed by atoms with Crippen LogP contribution in [0.1, 0.15) is 71.1 Å². The van der Waals surface area contributed by atoms with E-state index in [1.165, 1.54) is 61.2 Å². The van der Waals surface area contributed by atoms with E-state index in [1.54, 1.807) is 11.8 Å². The topological polar surface area (TPSA) is 17.1 Å². The summed E-state index contributed by atoms with van der Waals surface area (Å²) in [5, 5.41) is 0. The van der Waals surface area contributed by atoms with Gasteiger partial charge in [-0.2, -0.15) is 0 Å². The zero-order valence-electron chi connectivity index (χ0n) is 13.9. The van der Waals surface area contributed by atoms with Gasteiger partial charge >= 0.3 is 0 Å². The number of carbonyl (C=O) groups excluding carboxylic acids is 1. The monoisotopic (exact) mass is 318 g/mol. The lowest BCUT2D eigenvalue weighted by molar-refractivity contribution is -0.107. The molecule has 0 amide bonds. The van der Waals surface area contributed by atoms with Crippen LogP contribution in [0.5, 0.6) is 0 Å². The number of allylic oxidation sites excluding steroid dienone is 2. The average Bonchev–Trinajstić information content (AvgIpc) is 2.54. The first-order valence-corrected chi connectivity index (χ1v) is 9.54. The largest absolute Gasteiger partial charge is 0.303 e. The van der Waals surface area contributed by atoms with Gasteiger partial charge in [0.15, 0.2) is 0 Å². The van der Waals surface area contributed by atoms with Gasteiger partial charge in [0.2, 0.25) is 0 Å². The van der Waals surface area contributed by atoms with E-state index < -0.39 is 0 Å². The predicted octanol–water partition coefficient (Wildman–Crippen LogP) is 6.78. The van der Waals surface area contributed by atoms with E-state index in [0.29, 0.717) is 6.42 Å². The summed E-state index contributed by atoms with van der Waals surface area (Å²) in [6.45, 7) is 2.26. The molecule has 0 aliphatic rings. The van der Waals surface area contributed by atoms with Gasteiger partial charge in [0, 0.05) is 11.3 Å². The summed E-state index contributed by atoms with van der Waals surface area (Å²) in [7, 11) is 0. The van der Waals surface area contributed by atoms with Crippen molar-refractivity contribution in [1.29, 1.82) is 0 Å². The number of hydrogen-bond acceptors (Lipinski definition) is 2. The molecule has 0 aliphatic heterocycles. The molecule has 1 nitrogen and oxygen atoms in total. The predicted molar refractivity (Wildman–Crippen MR) is 98.3 cm³/mol. The summed E-state index contributed by atoms with van der Waals surface area (Å²) < 4.78 is 0. The van der Waals surface area contributed by atoms with Crippen LogP contribution < -0.4 is 0 Å². The SMILES string of the molecule is CCCCCCCCCC/C=C(/CC=O)Sc1ccccc1. The molecule has 0 heterocycles. The second kappa shape index (κ2) is 13.6. The Bertz CT molecular complexity index is 411. The molecule has 0 spiro atoms. The smallest absolute Gasteiger partial charge is 0.124 e. The molecular weight excluding hydrogens is 288 g/mol. The van der Waals surface area contributed by atoms with Crippen molar-refractivity contribution in [3.05, 3.63) is 41.3 Å². The molecule has 2 heteroatoms. The lowest BCUT2D eigenvalue weighted by Crippen LogP contribution is -1.83. The summed E-state index contributed by atoms with van der Waals surface area (Å²) in [6.07, 6.45) is 15.7. The maximum atomic E-state index is 10.8.